The fourth-order valence-electron chi connectivity index (χ4n) is 1.65. The Kier molecular flexibility index (Phi) is 4.39. The van der Waals surface area contributed by atoms with Gasteiger partial charge in [0, 0.05) is 5.56 Å². The van der Waals surface area contributed by atoms with Crippen LogP contribution in [-0.2, 0) is 0 Å². The lowest BCUT2D eigenvalue weighted by Gasteiger charge is -2.07. The molecule has 94 valence electrons. The molecule has 18 heavy (non-hydrogen) atoms. The molecule has 0 saturated carbocycles. The van der Waals surface area contributed by atoms with E-state index in [0.29, 0.717) is 21.7 Å². The van der Waals surface area contributed by atoms with E-state index in [1.165, 1.54) is 0 Å². The number of para-hydroxylation sites is 1. The van der Waals surface area contributed by atoms with Crippen molar-refractivity contribution in [3.8, 4) is 5.75 Å². The second kappa shape index (κ2) is 5.83. The van der Waals surface area contributed by atoms with Gasteiger partial charge in [-0.3, -0.25) is 0 Å². The van der Waals surface area contributed by atoms with E-state index in [-0.39, 0.29) is 0 Å². The molecule has 0 atom stereocenters. The zero-order chi connectivity index (χ0) is 13.1. The maximum atomic E-state index is 6.10. The molecule has 1 aliphatic rings. The van der Waals surface area contributed by atoms with Gasteiger partial charge in [-0.15, -0.1) is 0 Å². The number of ether oxygens (including phenoxy) is 1. The zero-order valence-corrected chi connectivity index (χ0v) is 12.0. The summed E-state index contributed by atoms with van der Waals surface area (Å²) < 4.78 is 5.55. The Morgan fingerprint density at radius 1 is 1.11 bits per heavy atom. The summed E-state index contributed by atoms with van der Waals surface area (Å²) in [6.07, 6.45) is 3.65. The van der Waals surface area contributed by atoms with Gasteiger partial charge in [-0.05, 0) is 30.7 Å². The Balaban J connectivity index is 2.41. The normalized spacial score (nSPS) is 17.3. The predicted octanol–water partition coefficient (Wildman–Crippen LogP) is 5.29. The molecule has 0 bridgehead atoms. The molecule has 0 aliphatic heterocycles. The topological polar surface area (TPSA) is 9.23 Å². The molecule has 0 aromatic heterocycles. The molecule has 4 heteroatoms. The van der Waals surface area contributed by atoms with Crippen LogP contribution in [0.4, 0.5) is 0 Å². The van der Waals surface area contributed by atoms with Gasteiger partial charge in [0.25, 0.3) is 0 Å². The Labute approximate surface area is 121 Å². The van der Waals surface area contributed by atoms with Crippen LogP contribution in [0.3, 0.4) is 0 Å². The third-order valence-electron chi connectivity index (χ3n) is 2.47. The van der Waals surface area contributed by atoms with Crippen molar-refractivity contribution in [2.45, 2.75) is 6.92 Å². The molecule has 0 unspecified atom stereocenters. The van der Waals surface area contributed by atoms with Gasteiger partial charge in [-0.25, -0.2) is 0 Å². The standard InChI is InChI=1S/C14H11Cl3O/c1-2-18-12-6-4-3-5-9(12)7-10-8-11(15)14(17)13(10)16/h3-8H,2H2,1H3/b10-7-. The van der Waals surface area contributed by atoms with Crippen LogP contribution in [0.5, 0.6) is 5.75 Å². The first-order valence-corrected chi connectivity index (χ1v) is 6.63. The van der Waals surface area contributed by atoms with Crippen LogP contribution in [0.1, 0.15) is 12.5 Å². The number of allylic oxidation sites excluding steroid dienone is 5. The van der Waals surface area contributed by atoms with Crippen LogP contribution in [0.15, 0.2) is 51.0 Å². The van der Waals surface area contributed by atoms with Gasteiger partial charge < -0.3 is 4.74 Å². The minimum absolute atomic E-state index is 0.387. The fraction of sp³-hybridized carbons (Fsp3) is 0.143. The van der Waals surface area contributed by atoms with Crippen molar-refractivity contribution in [2.75, 3.05) is 6.61 Å². The SMILES string of the molecule is CCOc1ccccc1/C=C1/C=C(Cl)C(Cl)=C1Cl. The van der Waals surface area contributed by atoms with Crippen molar-refractivity contribution in [1.29, 1.82) is 0 Å². The number of halogens is 3. The van der Waals surface area contributed by atoms with Crippen molar-refractivity contribution in [3.05, 3.63) is 56.6 Å². The summed E-state index contributed by atoms with van der Waals surface area (Å²) in [4.78, 5) is 0. The average Bonchev–Trinajstić information content (AvgIpc) is 2.60. The summed E-state index contributed by atoms with van der Waals surface area (Å²) in [5.74, 6) is 0.810. The predicted molar refractivity (Wildman–Crippen MR) is 78.3 cm³/mol. The highest BCUT2D eigenvalue weighted by Gasteiger charge is 2.17. The van der Waals surface area contributed by atoms with Crippen LogP contribution < -0.4 is 4.74 Å². The van der Waals surface area contributed by atoms with E-state index >= 15 is 0 Å². The summed E-state index contributed by atoms with van der Waals surface area (Å²) in [6, 6.07) is 7.73. The molecular weight excluding hydrogens is 291 g/mol. The van der Waals surface area contributed by atoms with Crippen molar-refractivity contribution >= 4 is 40.9 Å². The lowest BCUT2D eigenvalue weighted by Crippen LogP contribution is -1.93. The highest BCUT2D eigenvalue weighted by molar-refractivity contribution is 6.50. The fourth-order valence-corrected chi connectivity index (χ4v) is 2.29. The maximum Gasteiger partial charge on any atom is 0.126 e. The Morgan fingerprint density at radius 2 is 1.83 bits per heavy atom. The highest BCUT2D eigenvalue weighted by Crippen LogP contribution is 2.39. The molecule has 2 rings (SSSR count). The Bertz CT molecular complexity index is 556. The molecule has 0 N–H and O–H groups in total. The average molecular weight is 302 g/mol. The Hall–Kier alpha value is -0.890. The van der Waals surface area contributed by atoms with Crippen molar-refractivity contribution in [1.82, 2.24) is 0 Å². The third kappa shape index (κ3) is 2.74. The molecule has 1 aromatic carbocycles. The van der Waals surface area contributed by atoms with Gasteiger partial charge in [0.2, 0.25) is 0 Å². The maximum absolute atomic E-state index is 6.10. The van der Waals surface area contributed by atoms with E-state index in [4.69, 9.17) is 39.5 Å². The molecule has 1 aliphatic carbocycles. The zero-order valence-electron chi connectivity index (χ0n) is 9.71. The van der Waals surface area contributed by atoms with Gasteiger partial charge in [0.15, 0.2) is 0 Å². The molecule has 0 spiro atoms. The summed E-state index contributed by atoms with van der Waals surface area (Å²) in [6.45, 7) is 2.56. The molecule has 0 radical (unpaired) electrons. The van der Waals surface area contributed by atoms with Gasteiger partial charge >= 0.3 is 0 Å². The largest absolute Gasteiger partial charge is 0.493 e. The van der Waals surface area contributed by atoms with E-state index in [1.807, 2.05) is 37.3 Å². The smallest absolute Gasteiger partial charge is 0.126 e. The summed E-state index contributed by atoms with van der Waals surface area (Å²) in [5, 5.41) is 1.31. The first kappa shape index (κ1) is 13.5. The molecule has 0 saturated heterocycles. The van der Waals surface area contributed by atoms with E-state index in [0.717, 1.165) is 16.9 Å². The first-order valence-electron chi connectivity index (χ1n) is 5.50. The first-order chi connectivity index (χ1) is 8.63. The van der Waals surface area contributed by atoms with Crippen LogP contribution in [0.25, 0.3) is 6.08 Å². The number of rotatable bonds is 3. The van der Waals surface area contributed by atoms with Gasteiger partial charge in [-0.1, -0.05) is 53.0 Å². The number of hydrogen-bond donors (Lipinski definition) is 0. The summed E-state index contributed by atoms with van der Waals surface area (Å²) >= 11 is 18.0. The second-order valence-corrected chi connectivity index (χ2v) is 4.85. The van der Waals surface area contributed by atoms with Gasteiger partial charge in [0.1, 0.15) is 5.75 Å². The number of benzene rings is 1. The van der Waals surface area contributed by atoms with Crippen LogP contribution >= 0.6 is 34.8 Å². The van der Waals surface area contributed by atoms with E-state index in [2.05, 4.69) is 0 Å². The van der Waals surface area contributed by atoms with Gasteiger partial charge in [-0.2, -0.15) is 0 Å². The Morgan fingerprint density at radius 3 is 2.44 bits per heavy atom. The molecule has 1 nitrogen and oxygen atoms in total. The minimum Gasteiger partial charge on any atom is -0.493 e. The van der Waals surface area contributed by atoms with E-state index in [9.17, 15) is 0 Å². The van der Waals surface area contributed by atoms with Crippen LogP contribution in [-0.4, -0.2) is 6.61 Å². The van der Waals surface area contributed by atoms with Crippen LogP contribution in [0, 0.1) is 0 Å². The van der Waals surface area contributed by atoms with Crippen molar-refractivity contribution in [3.63, 3.8) is 0 Å². The third-order valence-corrected chi connectivity index (χ3v) is 3.76. The van der Waals surface area contributed by atoms with Crippen LogP contribution in [0.2, 0.25) is 0 Å². The summed E-state index contributed by atoms with van der Waals surface area (Å²) in [7, 11) is 0. The lowest BCUT2D eigenvalue weighted by atomic mass is 10.1. The minimum atomic E-state index is 0.387. The summed E-state index contributed by atoms with van der Waals surface area (Å²) in [5.41, 5.74) is 1.73. The lowest BCUT2D eigenvalue weighted by molar-refractivity contribution is 0.339. The quantitative estimate of drug-likeness (QED) is 0.736. The monoisotopic (exact) mass is 300 g/mol. The molecule has 0 heterocycles. The second-order valence-electron chi connectivity index (χ2n) is 3.69. The molecule has 1 aromatic rings. The number of hydrogen-bond acceptors (Lipinski definition) is 1. The van der Waals surface area contributed by atoms with E-state index in [1.54, 1.807) is 6.08 Å². The molecule has 0 amide bonds. The molecular formula is C14H11Cl3O. The highest BCUT2D eigenvalue weighted by atomic mass is 35.5. The van der Waals surface area contributed by atoms with Crippen molar-refractivity contribution < 1.29 is 4.74 Å². The van der Waals surface area contributed by atoms with E-state index < -0.39 is 0 Å². The van der Waals surface area contributed by atoms with Gasteiger partial charge in [0.05, 0.1) is 21.7 Å². The van der Waals surface area contributed by atoms with Crippen molar-refractivity contribution in [2.24, 2.45) is 0 Å². The molecule has 0 fully saturated rings.